The molecule has 116 valence electrons. The Hall–Kier alpha value is -2.45. The van der Waals surface area contributed by atoms with E-state index in [1.807, 2.05) is 0 Å². The lowest BCUT2D eigenvalue weighted by atomic mass is 10.1. The second kappa shape index (κ2) is 7.36. The van der Waals surface area contributed by atoms with E-state index in [2.05, 4.69) is 20.4 Å². The van der Waals surface area contributed by atoms with Crippen molar-refractivity contribution in [3.63, 3.8) is 0 Å². The minimum absolute atomic E-state index is 0.239. The highest BCUT2D eigenvalue weighted by Crippen LogP contribution is 2.22. The SMILES string of the molecule is C/N=C(\NCCc1ccc(OC(F)(F)F)cc1)NC(=N)N. The first-order valence-electron chi connectivity index (χ1n) is 5.96. The summed E-state index contributed by atoms with van der Waals surface area (Å²) in [4.78, 5) is 3.84. The third-order valence-corrected chi connectivity index (χ3v) is 2.34. The van der Waals surface area contributed by atoms with Gasteiger partial charge < -0.3 is 15.8 Å². The van der Waals surface area contributed by atoms with E-state index in [4.69, 9.17) is 11.1 Å². The predicted octanol–water partition coefficient (Wildman–Crippen LogP) is 1.19. The average molecular weight is 303 g/mol. The number of nitrogens with two attached hydrogens (primary N) is 1. The summed E-state index contributed by atoms with van der Waals surface area (Å²) in [7, 11) is 1.53. The molecule has 0 atom stereocenters. The molecule has 0 spiro atoms. The Morgan fingerprint density at radius 1 is 1.33 bits per heavy atom. The molecule has 0 aromatic heterocycles. The number of guanidine groups is 2. The molecule has 1 aromatic rings. The summed E-state index contributed by atoms with van der Waals surface area (Å²) < 4.78 is 39.8. The third kappa shape index (κ3) is 7.04. The van der Waals surface area contributed by atoms with E-state index < -0.39 is 6.36 Å². The van der Waals surface area contributed by atoms with E-state index in [1.54, 1.807) is 12.1 Å². The van der Waals surface area contributed by atoms with Gasteiger partial charge in [-0.3, -0.25) is 15.7 Å². The van der Waals surface area contributed by atoms with Gasteiger partial charge in [-0.2, -0.15) is 0 Å². The molecule has 5 N–H and O–H groups in total. The predicted molar refractivity (Wildman–Crippen MR) is 73.2 cm³/mol. The fraction of sp³-hybridized carbons (Fsp3) is 0.333. The van der Waals surface area contributed by atoms with Gasteiger partial charge in [0.1, 0.15) is 5.75 Å². The van der Waals surface area contributed by atoms with E-state index in [0.29, 0.717) is 18.9 Å². The van der Waals surface area contributed by atoms with Crippen LogP contribution in [-0.4, -0.2) is 31.9 Å². The van der Waals surface area contributed by atoms with E-state index in [0.717, 1.165) is 5.56 Å². The molecule has 1 rings (SSSR count). The minimum atomic E-state index is -4.69. The summed E-state index contributed by atoms with van der Waals surface area (Å²) in [5.41, 5.74) is 5.99. The van der Waals surface area contributed by atoms with Crippen molar-refractivity contribution in [2.75, 3.05) is 13.6 Å². The van der Waals surface area contributed by atoms with Crippen LogP contribution in [0.15, 0.2) is 29.3 Å². The summed E-state index contributed by atoms with van der Waals surface area (Å²) in [6.07, 6.45) is -4.13. The average Bonchev–Trinajstić information content (AvgIpc) is 2.37. The molecule has 0 saturated carbocycles. The van der Waals surface area contributed by atoms with Crippen molar-refractivity contribution in [2.24, 2.45) is 10.7 Å². The Morgan fingerprint density at radius 2 is 1.95 bits per heavy atom. The number of benzene rings is 1. The lowest BCUT2D eigenvalue weighted by Gasteiger charge is -2.11. The molecule has 0 aliphatic carbocycles. The molecule has 21 heavy (non-hydrogen) atoms. The topological polar surface area (TPSA) is 95.5 Å². The standard InChI is InChI=1S/C12H16F3N5O/c1-18-11(20-10(16)17)19-7-6-8-2-4-9(5-3-8)21-12(13,14)15/h2-5H,6-7H2,1H3,(H5,16,17,18,19,20). The van der Waals surface area contributed by atoms with Crippen LogP contribution in [0.3, 0.4) is 0 Å². The largest absolute Gasteiger partial charge is 0.573 e. The molecule has 0 bridgehead atoms. The Balaban J connectivity index is 2.44. The second-order valence-corrected chi connectivity index (χ2v) is 3.98. The van der Waals surface area contributed by atoms with Crippen molar-refractivity contribution in [1.29, 1.82) is 5.41 Å². The van der Waals surface area contributed by atoms with Crippen LogP contribution in [0, 0.1) is 5.41 Å². The maximum absolute atomic E-state index is 12.0. The lowest BCUT2D eigenvalue weighted by molar-refractivity contribution is -0.274. The van der Waals surface area contributed by atoms with E-state index in [-0.39, 0.29) is 11.7 Å². The zero-order valence-corrected chi connectivity index (χ0v) is 11.3. The van der Waals surface area contributed by atoms with Crippen molar-refractivity contribution >= 4 is 11.9 Å². The van der Waals surface area contributed by atoms with Crippen LogP contribution in [0.2, 0.25) is 0 Å². The third-order valence-electron chi connectivity index (χ3n) is 2.34. The van der Waals surface area contributed by atoms with Crippen molar-refractivity contribution in [3.05, 3.63) is 29.8 Å². The number of nitrogens with one attached hydrogen (secondary N) is 3. The van der Waals surface area contributed by atoms with Crippen LogP contribution < -0.4 is 21.1 Å². The smallest absolute Gasteiger partial charge is 0.406 e. The minimum Gasteiger partial charge on any atom is -0.406 e. The van der Waals surface area contributed by atoms with Gasteiger partial charge in [0.25, 0.3) is 0 Å². The summed E-state index contributed by atoms with van der Waals surface area (Å²) >= 11 is 0. The Kier molecular flexibility index (Phi) is 5.82. The van der Waals surface area contributed by atoms with Crippen LogP contribution in [0.4, 0.5) is 13.2 Å². The molecule has 0 aliphatic rings. The lowest BCUT2D eigenvalue weighted by Crippen LogP contribution is -2.44. The quantitative estimate of drug-likeness (QED) is 0.496. The number of hydrogen-bond acceptors (Lipinski definition) is 3. The van der Waals surface area contributed by atoms with Crippen LogP contribution in [0.25, 0.3) is 0 Å². The number of alkyl halides is 3. The molecule has 1 aromatic carbocycles. The van der Waals surface area contributed by atoms with Gasteiger partial charge in [-0.15, -0.1) is 13.2 Å². The fourth-order valence-corrected chi connectivity index (χ4v) is 1.49. The molecular weight excluding hydrogens is 287 g/mol. The van der Waals surface area contributed by atoms with Crippen molar-refractivity contribution in [3.8, 4) is 5.75 Å². The second-order valence-electron chi connectivity index (χ2n) is 3.98. The first-order chi connectivity index (χ1) is 9.80. The van der Waals surface area contributed by atoms with Gasteiger partial charge in [0.15, 0.2) is 11.9 Å². The van der Waals surface area contributed by atoms with Crippen molar-refractivity contribution in [2.45, 2.75) is 12.8 Å². The Morgan fingerprint density at radius 3 is 2.43 bits per heavy atom. The highest BCUT2D eigenvalue weighted by Gasteiger charge is 2.30. The van der Waals surface area contributed by atoms with Crippen molar-refractivity contribution < 1.29 is 17.9 Å². The summed E-state index contributed by atoms with van der Waals surface area (Å²) in [6.45, 7) is 0.479. The van der Waals surface area contributed by atoms with Crippen molar-refractivity contribution in [1.82, 2.24) is 10.6 Å². The van der Waals surface area contributed by atoms with Gasteiger partial charge in [0.2, 0.25) is 0 Å². The van der Waals surface area contributed by atoms with Gasteiger partial charge in [0, 0.05) is 13.6 Å². The van der Waals surface area contributed by atoms with Gasteiger partial charge >= 0.3 is 6.36 Å². The maximum Gasteiger partial charge on any atom is 0.573 e. The van der Waals surface area contributed by atoms with Gasteiger partial charge in [-0.1, -0.05) is 12.1 Å². The van der Waals surface area contributed by atoms with Gasteiger partial charge in [-0.05, 0) is 24.1 Å². The van der Waals surface area contributed by atoms with E-state index in [9.17, 15) is 13.2 Å². The first-order valence-corrected chi connectivity index (χ1v) is 5.96. The number of rotatable bonds is 4. The number of hydrogen-bond donors (Lipinski definition) is 4. The molecule has 0 saturated heterocycles. The highest BCUT2D eigenvalue weighted by molar-refractivity contribution is 5.96. The summed E-state index contributed by atoms with van der Waals surface area (Å²) in [5.74, 6) is -0.149. The van der Waals surface area contributed by atoms with Crippen LogP contribution in [0.5, 0.6) is 5.75 Å². The zero-order chi connectivity index (χ0) is 15.9. The molecule has 6 nitrogen and oxygen atoms in total. The molecule has 0 amide bonds. The molecular formula is C12H16F3N5O. The number of ether oxygens (including phenoxy) is 1. The first kappa shape index (κ1) is 16.6. The van der Waals surface area contributed by atoms with Gasteiger partial charge in [0.05, 0.1) is 0 Å². The Labute approximate surface area is 119 Å². The highest BCUT2D eigenvalue weighted by atomic mass is 19.4. The van der Waals surface area contributed by atoms with Crippen LogP contribution in [0.1, 0.15) is 5.56 Å². The monoisotopic (exact) mass is 303 g/mol. The molecule has 9 heteroatoms. The number of aliphatic imine (C=N–C) groups is 1. The maximum atomic E-state index is 12.0. The summed E-state index contributed by atoms with van der Waals surface area (Å²) in [5, 5.41) is 12.5. The molecule has 0 radical (unpaired) electrons. The van der Waals surface area contributed by atoms with Gasteiger partial charge in [-0.25, -0.2) is 0 Å². The number of halogens is 3. The molecule has 0 heterocycles. The van der Waals surface area contributed by atoms with Crippen LogP contribution >= 0.6 is 0 Å². The molecule has 0 unspecified atom stereocenters. The summed E-state index contributed by atoms with van der Waals surface area (Å²) in [6, 6.07) is 5.60. The Bertz CT molecular complexity index is 499. The molecule has 0 aliphatic heterocycles. The zero-order valence-electron chi connectivity index (χ0n) is 11.3. The van der Waals surface area contributed by atoms with E-state index in [1.165, 1.54) is 19.2 Å². The number of nitrogens with zero attached hydrogens (tertiary/aromatic N) is 1. The van der Waals surface area contributed by atoms with E-state index >= 15 is 0 Å². The van der Waals surface area contributed by atoms with Crippen LogP contribution in [-0.2, 0) is 6.42 Å². The fourth-order valence-electron chi connectivity index (χ4n) is 1.49. The normalized spacial score (nSPS) is 11.9. The molecule has 0 fully saturated rings.